The molecule has 0 spiro atoms. The lowest BCUT2D eigenvalue weighted by Crippen LogP contribution is -2.33. The van der Waals surface area contributed by atoms with Crippen LogP contribution in [0.4, 0.5) is 0 Å². The van der Waals surface area contributed by atoms with Gasteiger partial charge in [-0.3, -0.25) is 0 Å². The summed E-state index contributed by atoms with van der Waals surface area (Å²) >= 11 is 0. The lowest BCUT2D eigenvalue weighted by Gasteiger charge is -2.17. The number of hydrogen-bond donors (Lipinski definition) is 3. The van der Waals surface area contributed by atoms with Gasteiger partial charge >= 0.3 is 0 Å². The van der Waals surface area contributed by atoms with Gasteiger partial charge in [0.2, 0.25) is 0 Å². The number of aromatic nitrogens is 3. The number of hydrogen-bond acceptors (Lipinski definition) is 6. The molecule has 0 saturated carbocycles. The van der Waals surface area contributed by atoms with Crippen LogP contribution >= 0.6 is 0 Å². The Bertz CT molecular complexity index is 642. The summed E-state index contributed by atoms with van der Waals surface area (Å²) in [5, 5.41) is 30.0. The van der Waals surface area contributed by atoms with E-state index in [1.165, 1.54) is 6.33 Å². The topological polar surface area (TPSA) is 101 Å². The Morgan fingerprint density at radius 2 is 2.00 bits per heavy atom. The van der Waals surface area contributed by atoms with E-state index in [1.807, 2.05) is 20.0 Å². The molecule has 20 heavy (non-hydrogen) atoms. The van der Waals surface area contributed by atoms with E-state index in [-0.39, 0.29) is 6.61 Å². The summed E-state index contributed by atoms with van der Waals surface area (Å²) in [4.78, 5) is 8.39. The normalized spacial score (nSPS) is 30.2. The molecule has 0 unspecified atom stereocenters. The number of fused-ring (bicyclic) bond motifs is 1. The highest BCUT2D eigenvalue weighted by molar-refractivity contribution is 5.82. The zero-order valence-corrected chi connectivity index (χ0v) is 11.3. The summed E-state index contributed by atoms with van der Waals surface area (Å²) < 4.78 is 7.22. The first kappa shape index (κ1) is 13.4. The van der Waals surface area contributed by atoms with Crippen LogP contribution in [0.15, 0.2) is 12.5 Å². The molecule has 4 atom stereocenters. The maximum Gasteiger partial charge on any atom is 0.164 e. The molecule has 3 rings (SSSR count). The minimum atomic E-state index is -1.12. The molecular formula is C13H17N3O4. The maximum atomic E-state index is 10.1. The van der Waals surface area contributed by atoms with Gasteiger partial charge in [-0.15, -0.1) is 0 Å². The first-order valence-corrected chi connectivity index (χ1v) is 6.45. The first-order valence-electron chi connectivity index (χ1n) is 6.45. The summed E-state index contributed by atoms with van der Waals surface area (Å²) in [6, 6.07) is 0. The molecule has 7 nitrogen and oxygen atoms in total. The lowest BCUT2D eigenvalue weighted by atomic mass is 10.1. The van der Waals surface area contributed by atoms with Gasteiger partial charge in [0.05, 0.1) is 12.3 Å². The largest absolute Gasteiger partial charge is 0.394 e. The van der Waals surface area contributed by atoms with Gasteiger partial charge in [0.1, 0.15) is 30.3 Å². The molecule has 0 bridgehead atoms. The van der Waals surface area contributed by atoms with E-state index in [9.17, 15) is 10.2 Å². The van der Waals surface area contributed by atoms with Crippen molar-refractivity contribution in [2.45, 2.75) is 38.4 Å². The van der Waals surface area contributed by atoms with Crippen molar-refractivity contribution in [1.29, 1.82) is 0 Å². The minimum Gasteiger partial charge on any atom is -0.394 e. The van der Waals surface area contributed by atoms with Crippen LogP contribution in [0.1, 0.15) is 17.5 Å². The highest BCUT2D eigenvalue weighted by atomic mass is 16.6. The van der Waals surface area contributed by atoms with Gasteiger partial charge in [0, 0.05) is 11.6 Å². The number of nitrogens with zero attached hydrogens (tertiary/aromatic N) is 3. The zero-order chi connectivity index (χ0) is 14.4. The maximum absolute atomic E-state index is 10.1. The van der Waals surface area contributed by atoms with Crippen molar-refractivity contribution in [2.24, 2.45) is 0 Å². The van der Waals surface area contributed by atoms with Gasteiger partial charge < -0.3 is 24.6 Å². The van der Waals surface area contributed by atoms with E-state index in [0.29, 0.717) is 5.65 Å². The van der Waals surface area contributed by atoms with Crippen molar-refractivity contribution in [2.75, 3.05) is 6.61 Å². The van der Waals surface area contributed by atoms with Crippen molar-refractivity contribution >= 4 is 11.0 Å². The van der Waals surface area contributed by atoms with Crippen LogP contribution in [0.25, 0.3) is 11.0 Å². The van der Waals surface area contributed by atoms with E-state index in [0.717, 1.165) is 16.6 Å². The van der Waals surface area contributed by atoms with Gasteiger partial charge in [-0.25, -0.2) is 9.97 Å². The molecule has 3 heterocycles. The summed E-state index contributed by atoms with van der Waals surface area (Å²) in [5.41, 5.74) is 2.46. The fraction of sp³-hybridized carbons (Fsp3) is 0.538. The number of aryl methyl sites for hydroxylation is 2. The fourth-order valence-electron chi connectivity index (χ4n) is 2.76. The molecule has 7 heteroatoms. The van der Waals surface area contributed by atoms with E-state index in [2.05, 4.69) is 9.97 Å². The van der Waals surface area contributed by atoms with Crippen molar-refractivity contribution in [3.63, 3.8) is 0 Å². The van der Waals surface area contributed by atoms with Crippen LogP contribution in [0.5, 0.6) is 0 Å². The quantitative estimate of drug-likeness (QED) is 0.695. The van der Waals surface area contributed by atoms with E-state index in [4.69, 9.17) is 9.84 Å². The molecule has 108 valence electrons. The highest BCUT2D eigenvalue weighted by Gasteiger charge is 2.43. The van der Waals surface area contributed by atoms with E-state index in [1.54, 1.807) is 4.57 Å². The van der Waals surface area contributed by atoms with Gasteiger partial charge in [-0.2, -0.15) is 0 Å². The van der Waals surface area contributed by atoms with E-state index < -0.39 is 24.5 Å². The van der Waals surface area contributed by atoms with Crippen LogP contribution in [-0.4, -0.2) is 54.8 Å². The SMILES string of the molecule is Cc1cn([C@@H]2O[C@H](CO)[C@@H](O)[C@H]2O)c2ncnc(C)c12. The number of rotatable bonds is 2. The van der Waals surface area contributed by atoms with Crippen LogP contribution in [0, 0.1) is 13.8 Å². The van der Waals surface area contributed by atoms with Crippen molar-refractivity contribution < 1.29 is 20.1 Å². The van der Waals surface area contributed by atoms with Gasteiger partial charge in [0.25, 0.3) is 0 Å². The van der Waals surface area contributed by atoms with Crippen LogP contribution < -0.4 is 0 Å². The Labute approximate surface area is 115 Å². The monoisotopic (exact) mass is 279 g/mol. The van der Waals surface area contributed by atoms with Gasteiger partial charge in [0.15, 0.2) is 6.23 Å². The first-order chi connectivity index (χ1) is 9.54. The average Bonchev–Trinajstić information content (AvgIpc) is 2.90. The lowest BCUT2D eigenvalue weighted by molar-refractivity contribution is -0.0509. The van der Waals surface area contributed by atoms with Gasteiger partial charge in [-0.1, -0.05) is 0 Å². The fourth-order valence-corrected chi connectivity index (χ4v) is 2.76. The third-order valence-corrected chi connectivity index (χ3v) is 3.78. The molecule has 3 N–H and O–H groups in total. The Hall–Kier alpha value is -1.54. The second-order valence-electron chi connectivity index (χ2n) is 5.11. The second-order valence-corrected chi connectivity index (χ2v) is 5.11. The third-order valence-electron chi connectivity index (χ3n) is 3.78. The van der Waals surface area contributed by atoms with Gasteiger partial charge in [-0.05, 0) is 19.4 Å². The van der Waals surface area contributed by atoms with Crippen LogP contribution in [-0.2, 0) is 4.74 Å². The summed E-state index contributed by atoms with van der Waals surface area (Å²) in [7, 11) is 0. The average molecular weight is 279 g/mol. The summed E-state index contributed by atoms with van der Waals surface area (Å²) in [6.45, 7) is 3.47. The Morgan fingerprint density at radius 1 is 1.25 bits per heavy atom. The molecule has 0 aliphatic carbocycles. The molecule has 1 saturated heterocycles. The number of aliphatic hydroxyl groups is 3. The zero-order valence-electron chi connectivity index (χ0n) is 11.3. The number of aliphatic hydroxyl groups excluding tert-OH is 3. The molecule has 2 aromatic rings. The standard InChI is InChI=1S/C13H17N3O4/c1-6-3-16(12-9(6)7(2)14-5-15-12)13-11(19)10(18)8(4-17)20-13/h3,5,8,10-11,13,17-19H,4H2,1-2H3/t8-,10-,11-,13-/m1/s1. The molecule has 1 fully saturated rings. The Morgan fingerprint density at radius 3 is 2.65 bits per heavy atom. The molecule has 0 amide bonds. The highest BCUT2D eigenvalue weighted by Crippen LogP contribution is 2.33. The van der Waals surface area contributed by atoms with Crippen molar-refractivity contribution in [1.82, 2.24) is 14.5 Å². The summed E-state index contributed by atoms with van der Waals surface area (Å²) in [5.74, 6) is 0. The second kappa shape index (κ2) is 4.78. The van der Waals surface area contributed by atoms with Crippen LogP contribution in [0.3, 0.4) is 0 Å². The molecule has 0 radical (unpaired) electrons. The smallest absolute Gasteiger partial charge is 0.164 e. The molecular weight excluding hydrogens is 262 g/mol. The third kappa shape index (κ3) is 1.82. The predicted molar refractivity (Wildman–Crippen MR) is 70.0 cm³/mol. The van der Waals surface area contributed by atoms with Crippen molar-refractivity contribution in [3.05, 3.63) is 23.8 Å². The van der Waals surface area contributed by atoms with E-state index >= 15 is 0 Å². The minimum absolute atomic E-state index is 0.346. The molecule has 1 aliphatic rings. The molecule has 0 aromatic carbocycles. The molecule has 1 aliphatic heterocycles. The predicted octanol–water partition coefficient (Wildman–Crippen LogP) is -0.340. The Balaban J connectivity index is 2.10. The number of ether oxygens (including phenoxy) is 1. The summed E-state index contributed by atoms with van der Waals surface area (Å²) in [6.07, 6.45) is -0.534. The molecule has 2 aromatic heterocycles. The Kier molecular flexibility index (Phi) is 3.21. The van der Waals surface area contributed by atoms with Crippen LogP contribution in [0.2, 0.25) is 0 Å². The van der Waals surface area contributed by atoms with Crippen molar-refractivity contribution in [3.8, 4) is 0 Å².